The molecule has 1 aromatic heterocycles. The molecular formula is C12H13N3O2. The van der Waals surface area contributed by atoms with Crippen LogP contribution in [0.3, 0.4) is 0 Å². The van der Waals surface area contributed by atoms with Crippen LogP contribution in [0.4, 0.5) is 6.01 Å². The number of hydrogen-bond donors (Lipinski definition) is 1. The smallest absolute Gasteiger partial charge is 0.321 e. The van der Waals surface area contributed by atoms with Crippen LogP contribution in [0.25, 0.3) is 0 Å². The third-order valence-corrected chi connectivity index (χ3v) is 2.90. The molecule has 0 aliphatic carbocycles. The van der Waals surface area contributed by atoms with Crippen molar-refractivity contribution in [2.75, 3.05) is 19.0 Å². The first-order chi connectivity index (χ1) is 8.36. The number of nitrogens with one attached hydrogen (secondary N) is 1. The summed E-state index contributed by atoms with van der Waals surface area (Å²) in [4.78, 5) is 4.26. The van der Waals surface area contributed by atoms with Crippen molar-refractivity contribution in [3.63, 3.8) is 0 Å². The maximum atomic E-state index is 5.69. The average molecular weight is 231 g/mol. The molecule has 88 valence electrons. The van der Waals surface area contributed by atoms with Gasteiger partial charge in [0.2, 0.25) is 0 Å². The van der Waals surface area contributed by atoms with Crippen LogP contribution in [0.15, 0.2) is 28.8 Å². The summed E-state index contributed by atoms with van der Waals surface area (Å²) >= 11 is 0. The number of aromatic nitrogens is 2. The Balaban J connectivity index is 1.84. The zero-order valence-electron chi connectivity index (χ0n) is 9.51. The van der Waals surface area contributed by atoms with Crippen LogP contribution in [0.5, 0.6) is 5.75 Å². The van der Waals surface area contributed by atoms with Gasteiger partial charge in [0, 0.05) is 7.05 Å². The molecule has 5 nitrogen and oxygen atoms in total. The first kappa shape index (κ1) is 10.1. The van der Waals surface area contributed by atoms with Crippen molar-refractivity contribution < 1.29 is 9.26 Å². The van der Waals surface area contributed by atoms with Crippen LogP contribution in [0.1, 0.15) is 17.3 Å². The van der Waals surface area contributed by atoms with E-state index in [4.69, 9.17) is 9.26 Å². The third-order valence-electron chi connectivity index (χ3n) is 2.90. The molecule has 17 heavy (non-hydrogen) atoms. The summed E-state index contributed by atoms with van der Waals surface area (Å²) in [7, 11) is 1.75. The van der Waals surface area contributed by atoms with Crippen LogP contribution < -0.4 is 10.1 Å². The molecule has 0 amide bonds. The van der Waals surface area contributed by atoms with Gasteiger partial charge >= 0.3 is 6.01 Å². The fourth-order valence-electron chi connectivity index (χ4n) is 2.00. The number of benzene rings is 1. The van der Waals surface area contributed by atoms with Crippen LogP contribution >= 0.6 is 0 Å². The Hall–Kier alpha value is -2.04. The molecular weight excluding hydrogens is 218 g/mol. The SMILES string of the molecule is CNc1nc(C2COc3ccccc3C2)no1. The minimum Gasteiger partial charge on any atom is -0.493 e. The lowest BCUT2D eigenvalue weighted by molar-refractivity contribution is 0.254. The van der Waals surface area contributed by atoms with Crippen molar-refractivity contribution in [1.82, 2.24) is 10.1 Å². The van der Waals surface area contributed by atoms with Crippen molar-refractivity contribution in [2.24, 2.45) is 0 Å². The molecule has 0 radical (unpaired) electrons. The zero-order chi connectivity index (χ0) is 11.7. The van der Waals surface area contributed by atoms with Crippen molar-refractivity contribution in [2.45, 2.75) is 12.3 Å². The maximum absolute atomic E-state index is 5.69. The van der Waals surface area contributed by atoms with Crippen molar-refractivity contribution >= 4 is 6.01 Å². The summed E-state index contributed by atoms with van der Waals surface area (Å²) in [5.74, 6) is 1.82. The number of fused-ring (bicyclic) bond motifs is 1. The molecule has 5 heteroatoms. The molecule has 2 heterocycles. The van der Waals surface area contributed by atoms with E-state index in [9.17, 15) is 0 Å². The lowest BCUT2D eigenvalue weighted by Crippen LogP contribution is -2.20. The number of anilines is 1. The minimum atomic E-state index is 0.163. The van der Waals surface area contributed by atoms with E-state index in [2.05, 4.69) is 21.5 Å². The molecule has 2 aromatic rings. The van der Waals surface area contributed by atoms with E-state index >= 15 is 0 Å². The summed E-state index contributed by atoms with van der Waals surface area (Å²) in [6.45, 7) is 0.597. The van der Waals surface area contributed by atoms with E-state index in [1.165, 1.54) is 5.56 Å². The van der Waals surface area contributed by atoms with Gasteiger partial charge in [-0.3, -0.25) is 0 Å². The highest BCUT2D eigenvalue weighted by Gasteiger charge is 2.25. The first-order valence-corrected chi connectivity index (χ1v) is 5.59. The quantitative estimate of drug-likeness (QED) is 0.854. The molecule has 1 unspecified atom stereocenters. The topological polar surface area (TPSA) is 60.2 Å². The van der Waals surface area contributed by atoms with Gasteiger partial charge in [-0.05, 0) is 18.1 Å². The Labute approximate surface area is 98.8 Å². The maximum Gasteiger partial charge on any atom is 0.321 e. The highest BCUT2D eigenvalue weighted by molar-refractivity contribution is 5.36. The van der Waals surface area contributed by atoms with Gasteiger partial charge in [0.05, 0.1) is 12.5 Å². The second kappa shape index (κ2) is 4.08. The van der Waals surface area contributed by atoms with E-state index in [0.717, 1.165) is 12.2 Å². The molecule has 1 aliphatic rings. The molecule has 1 aliphatic heterocycles. The fraction of sp³-hybridized carbons (Fsp3) is 0.333. The Morgan fingerprint density at radius 2 is 2.24 bits per heavy atom. The number of rotatable bonds is 2. The third kappa shape index (κ3) is 1.84. The van der Waals surface area contributed by atoms with Crippen LogP contribution in [-0.2, 0) is 6.42 Å². The summed E-state index contributed by atoms with van der Waals surface area (Å²) in [6, 6.07) is 8.49. The summed E-state index contributed by atoms with van der Waals surface area (Å²) in [5.41, 5.74) is 1.19. The van der Waals surface area contributed by atoms with Crippen LogP contribution in [0.2, 0.25) is 0 Å². The normalized spacial score (nSPS) is 18.3. The Bertz CT molecular complexity index is 524. The largest absolute Gasteiger partial charge is 0.493 e. The molecule has 1 atom stereocenters. The molecule has 0 fully saturated rings. The van der Waals surface area contributed by atoms with Crippen molar-refractivity contribution in [3.8, 4) is 5.75 Å². The molecule has 0 saturated carbocycles. The molecule has 0 bridgehead atoms. The highest BCUT2D eigenvalue weighted by atomic mass is 16.5. The number of hydrogen-bond acceptors (Lipinski definition) is 5. The van der Waals surface area contributed by atoms with Gasteiger partial charge in [0.25, 0.3) is 0 Å². The van der Waals surface area contributed by atoms with Crippen molar-refractivity contribution in [1.29, 1.82) is 0 Å². The minimum absolute atomic E-state index is 0.163. The molecule has 1 N–H and O–H groups in total. The zero-order valence-corrected chi connectivity index (χ0v) is 9.51. The van der Waals surface area contributed by atoms with Gasteiger partial charge in [-0.25, -0.2) is 0 Å². The van der Waals surface area contributed by atoms with Crippen LogP contribution in [-0.4, -0.2) is 23.8 Å². The summed E-state index contributed by atoms with van der Waals surface area (Å²) in [5, 5.41) is 6.78. The highest BCUT2D eigenvalue weighted by Crippen LogP contribution is 2.31. The van der Waals surface area contributed by atoms with Gasteiger partial charge < -0.3 is 14.6 Å². The summed E-state index contributed by atoms with van der Waals surface area (Å²) in [6.07, 6.45) is 0.888. The Morgan fingerprint density at radius 1 is 1.35 bits per heavy atom. The van der Waals surface area contributed by atoms with Gasteiger partial charge in [-0.1, -0.05) is 23.4 Å². The fourth-order valence-corrected chi connectivity index (χ4v) is 2.00. The molecule has 0 spiro atoms. The summed E-state index contributed by atoms with van der Waals surface area (Å²) < 4.78 is 10.7. The molecule has 0 saturated heterocycles. The predicted octanol–water partition coefficient (Wildman–Crippen LogP) is 1.83. The molecule has 3 rings (SSSR count). The predicted molar refractivity (Wildman–Crippen MR) is 62.2 cm³/mol. The van der Waals surface area contributed by atoms with Gasteiger partial charge in [-0.15, -0.1) is 0 Å². The van der Waals surface area contributed by atoms with E-state index < -0.39 is 0 Å². The monoisotopic (exact) mass is 231 g/mol. The van der Waals surface area contributed by atoms with Gasteiger partial charge in [-0.2, -0.15) is 4.98 Å². The van der Waals surface area contributed by atoms with Crippen molar-refractivity contribution in [3.05, 3.63) is 35.7 Å². The van der Waals surface area contributed by atoms with Gasteiger partial charge in [0.1, 0.15) is 5.75 Å². The number of ether oxygens (including phenoxy) is 1. The first-order valence-electron chi connectivity index (χ1n) is 5.59. The standard InChI is InChI=1S/C12H13N3O2/c1-13-12-14-11(15-17-12)9-6-8-4-2-3-5-10(8)16-7-9/h2-5,9H,6-7H2,1H3,(H,13,14,15). The van der Waals surface area contributed by atoms with E-state index in [0.29, 0.717) is 18.4 Å². The lowest BCUT2D eigenvalue weighted by Gasteiger charge is -2.22. The second-order valence-corrected chi connectivity index (χ2v) is 4.03. The van der Waals surface area contributed by atoms with E-state index in [1.54, 1.807) is 7.05 Å². The Kier molecular flexibility index (Phi) is 2.44. The Morgan fingerprint density at radius 3 is 3.06 bits per heavy atom. The molecule has 1 aromatic carbocycles. The van der Waals surface area contributed by atoms with Crippen LogP contribution in [0, 0.1) is 0 Å². The van der Waals surface area contributed by atoms with E-state index in [-0.39, 0.29) is 5.92 Å². The lowest BCUT2D eigenvalue weighted by atomic mass is 9.96. The van der Waals surface area contributed by atoms with Gasteiger partial charge in [0.15, 0.2) is 5.82 Å². The second-order valence-electron chi connectivity index (χ2n) is 4.03. The average Bonchev–Trinajstić information content (AvgIpc) is 2.87. The van der Waals surface area contributed by atoms with E-state index in [1.807, 2.05) is 18.2 Å². The number of para-hydroxylation sites is 1. The number of nitrogens with zero attached hydrogens (tertiary/aromatic N) is 2.